The Balaban J connectivity index is 1.69. The third-order valence-electron chi connectivity index (χ3n) is 4.82. The van der Waals surface area contributed by atoms with Crippen molar-refractivity contribution in [3.8, 4) is 5.75 Å². The quantitative estimate of drug-likeness (QED) is 0.490. The number of anilines is 1. The van der Waals surface area contributed by atoms with E-state index in [1.165, 1.54) is 25.3 Å². The molecule has 1 aromatic rings. The van der Waals surface area contributed by atoms with Gasteiger partial charge in [0.05, 0.1) is 43.4 Å². The van der Waals surface area contributed by atoms with E-state index >= 15 is 0 Å². The van der Waals surface area contributed by atoms with E-state index in [2.05, 4.69) is 10.2 Å². The maximum Gasteiger partial charge on any atom is 0.279 e. The first-order chi connectivity index (χ1) is 11.0. The minimum Gasteiger partial charge on any atom is -0.494 e. The highest BCUT2D eigenvalue weighted by molar-refractivity contribution is 5.93. The number of non-ortho nitro benzene ring substituents is 1. The predicted octanol–water partition coefficient (Wildman–Crippen LogP) is 0.688. The van der Waals surface area contributed by atoms with Crippen molar-refractivity contribution in [3.63, 3.8) is 0 Å². The molecule has 3 aliphatic heterocycles. The molecule has 23 heavy (non-hydrogen) atoms. The molecular formula is C15H21N4O4+. The molecule has 0 aliphatic carbocycles. The molecule has 0 radical (unpaired) electrons. The van der Waals surface area contributed by atoms with Crippen LogP contribution in [0.25, 0.3) is 0 Å². The second kappa shape index (κ2) is 6.13. The Bertz CT molecular complexity index is 612. The third-order valence-corrected chi connectivity index (χ3v) is 4.82. The average molecular weight is 321 g/mol. The van der Waals surface area contributed by atoms with Gasteiger partial charge >= 0.3 is 0 Å². The predicted molar refractivity (Wildman–Crippen MR) is 84.4 cm³/mol. The first-order valence-electron chi connectivity index (χ1n) is 7.71. The van der Waals surface area contributed by atoms with Gasteiger partial charge in [0.2, 0.25) is 0 Å². The standard InChI is InChI=1S/C15H20N4O4/c1-23-14-10-12(18(21)22)2-3-13(14)16-15(20)11-19-7-4-17(5-8-19)6-9-19/h2-3,10H,4-9,11H2,1H3/p+1. The van der Waals surface area contributed by atoms with E-state index < -0.39 is 4.92 Å². The van der Waals surface area contributed by atoms with Crippen LogP contribution in [0.1, 0.15) is 0 Å². The van der Waals surface area contributed by atoms with Crippen molar-refractivity contribution in [3.05, 3.63) is 28.3 Å². The molecule has 3 fully saturated rings. The lowest BCUT2D eigenvalue weighted by atomic mass is 10.1. The molecule has 3 saturated heterocycles. The summed E-state index contributed by atoms with van der Waals surface area (Å²) in [5.41, 5.74) is 0.408. The minimum absolute atomic E-state index is 0.0612. The summed E-state index contributed by atoms with van der Waals surface area (Å²) in [4.78, 5) is 25.2. The first-order valence-corrected chi connectivity index (χ1v) is 7.71. The molecule has 1 N–H and O–H groups in total. The lowest BCUT2D eigenvalue weighted by Crippen LogP contribution is -2.68. The Morgan fingerprint density at radius 2 is 2.00 bits per heavy atom. The molecule has 2 bridgehead atoms. The number of rotatable bonds is 5. The number of carbonyl (C=O) groups is 1. The molecule has 4 rings (SSSR count). The summed E-state index contributed by atoms with van der Waals surface area (Å²) in [6.45, 7) is 6.60. The van der Waals surface area contributed by atoms with Gasteiger partial charge in [0.25, 0.3) is 11.6 Å². The highest BCUT2D eigenvalue weighted by Crippen LogP contribution is 2.29. The number of nitro groups is 1. The van der Waals surface area contributed by atoms with Gasteiger partial charge in [0, 0.05) is 25.7 Å². The maximum absolute atomic E-state index is 12.4. The number of fused-ring (bicyclic) bond motifs is 3. The van der Waals surface area contributed by atoms with E-state index in [9.17, 15) is 14.9 Å². The van der Waals surface area contributed by atoms with E-state index in [-0.39, 0.29) is 11.6 Å². The van der Waals surface area contributed by atoms with Gasteiger partial charge in [0.1, 0.15) is 5.75 Å². The van der Waals surface area contributed by atoms with Crippen molar-refractivity contribution < 1.29 is 18.9 Å². The number of methoxy groups -OCH3 is 1. The Morgan fingerprint density at radius 1 is 1.35 bits per heavy atom. The summed E-state index contributed by atoms with van der Waals surface area (Å²) in [6, 6.07) is 4.20. The molecule has 0 atom stereocenters. The highest BCUT2D eigenvalue weighted by Gasteiger charge is 2.39. The van der Waals surface area contributed by atoms with Crippen LogP contribution in [-0.4, -0.2) is 73.1 Å². The zero-order valence-electron chi connectivity index (χ0n) is 13.2. The molecule has 0 unspecified atom stereocenters. The third kappa shape index (κ3) is 3.27. The first kappa shape index (κ1) is 15.7. The SMILES string of the molecule is COc1cc([N+](=O)[O-])ccc1NC(=O)C[N+]12CCN(CC1)CC2. The number of piperazine rings is 3. The zero-order valence-corrected chi connectivity index (χ0v) is 13.2. The number of nitrogens with one attached hydrogen (secondary N) is 1. The van der Waals surface area contributed by atoms with Crippen LogP contribution in [0.5, 0.6) is 5.75 Å². The molecule has 8 heteroatoms. The normalized spacial score (nSPS) is 25.9. The van der Waals surface area contributed by atoms with Crippen LogP contribution in [0.4, 0.5) is 11.4 Å². The van der Waals surface area contributed by atoms with Crippen molar-refractivity contribution in [2.75, 3.05) is 58.2 Å². The van der Waals surface area contributed by atoms with Gasteiger partial charge < -0.3 is 14.5 Å². The molecule has 0 aromatic heterocycles. The van der Waals surface area contributed by atoms with Crippen LogP contribution in [0, 0.1) is 10.1 Å². The highest BCUT2D eigenvalue weighted by atomic mass is 16.6. The largest absolute Gasteiger partial charge is 0.494 e. The van der Waals surface area contributed by atoms with Crippen LogP contribution in [0.3, 0.4) is 0 Å². The second-order valence-corrected chi connectivity index (χ2v) is 6.20. The number of quaternary nitrogens is 1. The number of nitro benzene ring substituents is 1. The van der Waals surface area contributed by atoms with Crippen LogP contribution in [0.2, 0.25) is 0 Å². The summed E-state index contributed by atoms with van der Waals surface area (Å²) in [5, 5.41) is 13.6. The molecule has 124 valence electrons. The van der Waals surface area contributed by atoms with Crippen molar-refractivity contribution >= 4 is 17.3 Å². The second-order valence-electron chi connectivity index (χ2n) is 6.20. The van der Waals surface area contributed by atoms with Gasteiger partial charge in [-0.1, -0.05) is 0 Å². The minimum atomic E-state index is -0.486. The average Bonchev–Trinajstić information content (AvgIpc) is 2.56. The number of hydrogen-bond acceptors (Lipinski definition) is 5. The lowest BCUT2D eigenvalue weighted by Gasteiger charge is -2.50. The van der Waals surface area contributed by atoms with Crippen molar-refractivity contribution in [1.29, 1.82) is 0 Å². The maximum atomic E-state index is 12.4. The van der Waals surface area contributed by atoms with E-state index in [4.69, 9.17) is 4.74 Å². The number of carbonyl (C=O) groups excluding carboxylic acids is 1. The smallest absolute Gasteiger partial charge is 0.279 e. The van der Waals surface area contributed by atoms with Gasteiger partial charge in [-0.3, -0.25) is 19.8 Å². The van der Waals surface area contributed by atoms with E-state index in [0.29, 0.717) is 18.0 Å². The van der Waals surface area contributed by atoms with Gasteiger partial charge in [-0.15, -0.1) is 0 Å². The Hall–Kier alpha value is -2.19. The van der Waals surface area contributed by atoms with Crippen LogP contribution < -0.4 is 10.1 Å². The summed E-state index contributed by atoms with van der Waals surface area (Å²) < 4.78 is 5.99. The van der Waals surface area contributed by atoms with Crippen LogP contribution >= 0.6 is 0 Å². The molecule has 8 nitrogen and oxygen atoms in total. The zero-order chi connectivity index (χ0) is 16.4. The Kier molecular flexibility index (Phi) is 4.18. The lowest BCUT2D eigenvalue weighted by molar-refractivity contribution is -0.933. The summed E-state index contributed by atoms with van der Waals surface area (Å²) in [6.07, 6.45) is 0. The van der Waals surface area contributed by atoms with Crippen molar-refractivity contribution in [1.82, 2.24) is 4.90 Å². The van der Waals surface area contributed by atoms with Crippen molar-refractivity contribution in [2.24, 2.45) is 0 Å². The molecule has 1 aromatic carbocycles. The van der Waals surface area contributed by atoms with E-state index in [1.54, 1.807) is 0 Å². The summed E-state index contributed by atoms with van der Waals surface area (Å²) in [5.74, 6) is 0.225. The van der Waals surface area contributed by atoms with Gasteiger partial charge in [-0.05, 0) is 6.07 Å². The molecule has 3 heterocycles. The molecular weight excluding hydrogens is 300 g/mol. The van der Waals surface area contributed by atoms with Gasteiger partial charge in [0.15, 0.2) is 6.54 Å². The topological polar surface area (TPSA) is 84.7 Å². The Morgan fingerprint density at radius 3 is 2.57 bits per heavy atom. The number of nitrogens with zero attached hydrogens (tertiary/aromatic N) is 3. The monoisotopic (exact) mass is 321 g/mol. The number of ether oxygens (including phenoxy) is 1. The van der Waals surface area contributed by atoms with Crippen LogP contribution in [0.15, 0.2) is 18.2 Å². The molecule has 0 spiro atoms. The number of amides is 1. The fourth-order valence-electron chi connectivity index (χ4n) is 3.36. The van der Waals surface area contributed by atoms with Crippen LogP contribution in [-0.2, 0) is 4.79 Å². The number of benzene rings is 1. The van der Waals surface area contributed by atoms with Crippen molar-refractivity contribution in [2.45, 2.75) is 0 Å². The van der Waals surface area contributed by atoms with E-state index in [1.807, 2.05) is 0 Å². The fraction of sp³-hybridized carbons (Fsp3) is 0.533. The van der Waals surface area contributed by atoms with E-state index in [0.717, 1.165) is 43.8 Å². The van der Waals surface area contributed by atoms with Gasteiger partial charge in [-0.25, -0.2) is 0 Å². The fourth-order valence-corrected chi connectivity index (χ4v) is 3.36. The molecule has 0 saturated carbocycles. The number of hydrogen-bond donors (Lipinski definition) is 1. The summed E-state index contributed by atoms with van der Waals surface area (Å²) >= 11 is 0. The summed E-state index contributed by atoms with van der Waals surface area (Å²) in [7, 11) is 1.43. The molecule has 3 aliphatic rings. The van der Waals surface area contributed by atoms with Gasteiger partial charge in [-0.2, -0.15) is 0 Å². The molecule has 1 amide bonds. The Labute approximate surface area is 134 Å².